The number of hydrogen-bond donors (Lipinski definition) is 2. The van der Waals surface area contributed by atoms with Gasteiger partial charge in [-0.25, -0.2) is 4.79 Å². The molecule has 26 heavy (non-hydrogen) atoms. The predicted molar refractivity (Wildman–Crippen MR) is 103 cm³/mol. The molecule has 7 heteroatoms. The molecule has 0 atom stereocenters. The molecule has 144 valence electrons. The maximum Gasteiger partial charge on any atom is 0.341 e. The van der Waals surface area contributed by atoms with Crippen LogP contribution in [0.5, 0.6) is 0 Å². The van der Waals surface area contributed by atoms with Crippen molar-refractivity contribution in [1.82, 2.24) is 5.32 Å². The summed E-state index contributed by atoms with van der Waals surface area (Å²) in [6.45, 7) is 6.13. The molecular formula is C19H28N2O4S. The Morgan fingerprint density at radius 2 is 1.88 bits per heavy atom. The quantitative estimate of drug-likeness (QED) is 0.480. The molecule has 1 saturated carbocycles. The van der Waals surface area contributed by atoms with E-state index in [0.29, 0.717) is 17.1 Å². The van der Waals surface area contributed by atoms with E-state index in [1.165, 1.54) is 11.3 Å². The summed E-state index contributed by atoms with van der Waals surface area (Å²) in [6, 6.07) is 0. The van der Waals surface area contributed by atoms with E-state index in [-0.39, 0.29) is 24.3 Å². The smallest absolute Gasteiger partial charge is 0.341 e. The van der Waals surface area contributed by atoms with E-state index in [4.69, 9.17) is 4.74 Å². The summed E-state index contributed by atoms with van der Waals surface area (Å²) in [5.74, 6) is -0.868. The van der Waals surface area contributed by atoms with Crippen LogP contribution in [0.2, 0.25) is 0 Å². The molecule has 2 rings (SSSR count). The van der Waals surface area contributed by atoms with Crippen molar-refractivity contribution in [3.05, 3.63) is 16.0 Å². The van der Waals surface area contributed by atoms with Gasteiger partial charge < -0.3 is 15.4 Å². The molecule has 1 heterocycles. The van der Waals surface area contributed by atoms with E-state index in [1.54, 1.807) is 0 Å². The van der Waals surface area contributed by atoms with Gasteiger partial charge in [-0.15, -0.1) is 11.3 Å². The van der Waals surface area contributed by atoms with E-state index in [2.05, 4.69) is 17.6 Å². The highest BCUT2D eigenvalue weighted by molar-refractivity contribution is 7.16. The Bertz CT molecular complexity index is 665. The summed E-state index contributed by atoms with van der Waals surface area (Å²) < 4.78 is 5.16. The normalized spacial score (nSPS) is 13.3. The maximum atomic E-state index is 12.4. The zero-order chi connectivity index (χ0) is 19.1. The Labute approximate surface area is 158 Å². The number of nitrogens with one attached hydrogen (secondary N) is 2. The second-order valence-electron chi connectivity index (χ2n) is 6.74. The zero-order valence-corrected chi connectivity index (χ0v) is 16.6. The third-order valence-corrected chi connectivity index (χ3v) is 5.58. The molecular weight excluding hydrogens is 352 g/mol. The van der Waals surface area contributed by atoms with Gasteiger partial charge >= 0.3 is 5.97 Å². The van der Waals surface area contributed by atoms with Gasteiger partial charge in [-0.3, -0.25) is 9.59 Å². The second-order valence-corrected chi connectivity index (χ2v) is 7.96. The highest BCUT2D eigenvalue weighted by atomic mass is 32.1. The third-order valence-electron chi connectivity index (χ3n) is 4.46. The molecule has 0 unspecified atom stereocenters. The summed E-state index contributed by atoms with van der Waals surface area (Å²) in [4.78, 5) is 37.2. The molecule has 1 aliphatic carbocycles. The van der Waals surface area contributed by atoms with Crippen molar-refractivity contribution in [1.29, 1.82) is 0 Å². The van der Waals surface area contributed by atoms with Gasteiger partial charge in [0, 0.05) is 17.3 Å². The van der Waals surface area contributed by atoms with Gasteiger partial charge in [-0.1, -0.05) is 26.2 Å². The summed E-state index contributed by atoms with van der Waals surface area (Å²) in [5, 5.41) is 6.11. The highest BCUT2D eigenvalue weighted by Crippen LogP contribution is 2.36. The number of thiophene rings is 1. The van der Waals surface area contributed by atoms with Crippen LogP contribution in [0.4, 0.5) is 5.00 Å². The number of amides is 2. The average molecular weight is 381 g/mol. The molecule has 0 aromatic carbocycles. The number of aryl methyl sites for hydroxylation is 1. The SMILES string of the molecule is CCCCCCNC(=O)COC(=O)c1c(NC(=O)C2CC2)sc(C)c1C. The third kappa shape index (κ3) is 5.83. The van der Waals surface area contributed by atoms with Crippen LogP contribution >= 0.6 is 11.3 Å². The first-order valence-electron chi connectivity index (χ1n) is 9.28. The number of esters is 1. The van der Waals surface area contributed by atoms with Crippen LogP contribution in [0.15, 0.2) is 0 Å². The van der Waals surface area contributed by atoms with Crippen LogP contribution in [-0.2, 0) is 14.3 Å². The van der Waals surface area contributed by atoms with E-state index in [9.17, 15) is 14.4 Å². The van der Waals surface area contributed by atoms with Crippen molar-refractivity contribution in [2.75, 3.05) is 18.5 Å². The fraction of sp³-hybridized carbons (Fsp3) is 0.632. The lowest BCUT2D eigenvalue weighted by atomic mass is 10.1. The lowest BCUT2D eigenvalue weighted by molar-refractivity contribution is -0.124. The van der Waals surface area contributed by atoms with Crippen molar-refractivity contribution in [2.24, 2.45) is 5.92 Å². The zero-order valence-electron chi connectivity index (χ0n) is 15.8. The lowest BCUT2D eigenvalue weighted by Crippen LogP contribution is -2.29. The number of anilines is 1. The summed E-state index contributed by atoms with van der Waals surface area (Å²) >= 11 is 1.37. The minimum atomic E-state index is -0.570. The van der Waals surface area contributed by atoms with Crippen LogP contribution in [0.1, 0.15) is 66.2 Å². The topological polar surface area (TPSA) is 84.5 Å². The molecule has 1 aromatic heterocycles. The van der Waals surface area contributed by atoms with Gasteiger partial charge in [0.25, 0.3) is 5.91 Å². The van der Waals surface area contributed by atoms with Crippen molar-refractivity contribution < 1.29 is 19.1 Å². The van der Waals surface area contributed by atoms with Gasteiger partial charge in [0.05, 0.1) is 5.56 Å². The van der Waals surface area contributed by atoms with Gasteiger partial charge in [-0.05, 0) is 38.7 Å². The Kier molecular flexibility index (Phi) is 7.63. The van der Waals surface area contributed by atoms with E-state index >= 15 is 0 Å². The fourth-order valence-electron chi connectivity index (χ4n) is 2.55. The molecule has 0 aliphatic heterocycles. The highest BCUT2D eigenvalue weighted by Gasteiger charge is 2.31. The number of ether oxygens (including phenoxy) is 1. The number of hydrogen-bond acceptors (Lipinski definition) is 5. The molecule has 2 N–H and O–H groups in total. The number of unbranched alkanes of at least 4 members (excludes halogenated alkanes) is 3. The molecule has 0 spiro atoms. The fourth-order valence-corrected chi connectivity index (χ4v) is 3.61. The van der Waals surface area contributed by atoms with Crippen LogP contribution in [-0.4, -0.2) is 30.9 Å². The first kappa shape index (κ1) is 20.4. The first-order valence-corrected chi connectivity index (χ1v) is 10.1. The molecule has 6 nitrogen and oxygen atoms in total. The monoisotopic (exact) mass is 380 g/mol. The standard InChI is InChI=1S/C19H28N2O4S/c1-4-5-6-7-10-20-15(22)11-25-19(24)16-12(2)13(3)26-18(16)21-17(23)14-8-9-14/h14H,4-11H2,1-3H3,(H,20,22)(H,21,23). The van der Waals surface area contributed by atoms with Crippen LogP contribution < -0.4 is 10.6 Å². The van der Waals surface area contributed by atoms with Crippen molar-refractivity contribution >= 4 is 34.1 Å². The Hall–Kier alpha value is -1.89. The Morgan fingerprint density at radius 3 is 2.54 bits per heavy atom. The lowest BCUT2D eigenvalue weighted by Gasteiger charge is -2.09. The number of rotatable bonds is 10. The summed E-state index contributed by atoms with van der Waals surface area (Å²) in [5.41, 5.74) is 1.14. The minimum Gasteiger partial charge on any atom is -0.452 e. The van der Waals surface area contributed by atoms with Crippen molar-refractivity contribution in [2.45, 2.75) is 59.3 Å². The molecule has 1 aromatic rings. The molecule has 2 amide bonds. The van der Waals surface area contributed by atoms with Crippen LogP contribution in [0.25, 0.3) is 0 Å². The van der Waals surface area contributed by atoms with E-state index in [0.717, 1.165) is 49.0 Å². The summed E-state index contributed by atoms with van der Waals surface area (Å²) in [7, 11) is 0. The number of carbonyl (C=O) groups is 3. The average Bonchev–Trinajstić information content (AvgIpc) is 3.41. The summed E-state index contributed by atoms with van der Waals surface area (Å²) in [6.07, 6.45) is 6.09. The molecule has 0 saturated heterocycles. The van der Waals surface area contributed by atoms with Crippen LogP contribution in [0.3, 0.4) is 0 Å². The minimum absolute atomic E-state index is 0.0508. The molecule has 0 bridgehead atoms. The Balaban J connectivity index is 1.86. The predicted octanol–water partition coefficient (Wildman–Crippen LogP) is 3.57. The Morgan fingerprint density at radius 1 is 1.15 bits per heavy atom. The second kappa shape index (κ2) is 9.71. The molecule has 1 aliphatic rings. The number of carbonyl (C=O) groups excluding carboxylic acids is 3. The largest absolute Gasteiger partial charge is 0.452 e. The van der Waals surface area contributed by atoms with Gasteiger partial charge in [0.2, 0.25) is 5.91 Å². The van der Waals surface area contributed by atoms with Crippen LogP contribution in [0, 0.1) is 19.8 Å². The van der Waals surface area contributed by atoms with Crippen molar-refractivity contribution in [3.8, 4) is 0 Å². The molecule has 0 radical (unpaired) electrons. The van der Waals surface area contributed by atoms with Gasteiger partial charge in [0.1, 0.15) is 5.00 Å². The van der Waals surface area contributed by atoms with Crippen molar-refractivity contribution in [3.63, 3.8) is 0 Å². The van der Waals surface area contributed by atoms with E-state index in [1.807, 2.05) is 13.8 Å². The van der Waals surface area contributed by atoms with E-state index < -0.39 is 5.97 Å². The van der Waals surface area contributed by atoms with Gasteiger partial charge in [0.15, 0.2) is 6.61 Å². The molecule has 1 fully saturated rings. The van der Waals surface area contributed by atoms with Gasteiger partial charge in [-0.2, -0.15) is 0 Å². The first-order chi connectivity index (χ1) is 12.4. The maximum absolute atomic E-state index is 12.4.